The van der Waals surface area contributed by atoms with E-state index in [1.807, 2.05) is 6.29 Å². The summed E-state index contributed by atoms with van der Waals surface area (Å²) in [5.74, 6) is 0. The van der Waals surface area contributed by atoms with Crippen LogP contribution in [0.1, 0.15) is 77.6 Å². The lowest BCUT2D eigenvalue weighted by Crippen LogP contribution is -2.32. The smallest absolute Gasteiger partial charge is 0.201 e. The van der Waals surface area contributed by atoms with Crippen LogP contribution in [0.5, 0.6) is 0 Å². The van der Waals surface area contributed by atoms with Crippen LogP contribution in [0.15, 0.2) is 0 Å². The van der Waals surface area contributed by atoms with Gasteiger partial charge < -0.3 is 4.43 Å². The molecule has 0 bridgehead atoms. The number of carbonyl (C=O) groups excluding carboxylic acids is 1. The van der Waals surface area contributed by atoms with E-state index in [-0.39, 0.29) is 6.10 Å². The number of unbranched alkanes of at least 4 members (excludes halogenated alkanes) is 8. The maximum absolute atomic E-state index is 10.6. The molecule has 0 aliphatic rings. The summed E-state index contributed by atoms with van der Waals surface area (Å²) < 4.78 is 6.03. The van der Waals surface area contributed by atoms with E-state index in [4.69, 9.17) is 4.43 Å². The van der Waals surface area contributed by atoms with Gasteiger partial charge in [0.1, 0.15) is 0 Å². The monoisotopic (exact) mass is 299 g/mol. The van der Waals surface area contributed by atoms with Crippen molar-refractivity contribution in [2.75, 3.05) is 0 Å². The van der Waals surface area contributed by atoms with E-state index in [9.17, 15) is 4.79 Å². The third-order valence-electron chi connectivity index (χ3n) is 3.46. The van der Waals surface area contributed by atoms with E-state index in [1.54, 1.807) is 0 Å². The average Bonchev–Trinajstić information content (AvgIpc) is 2.35. The zero-order chi connectivity index (χ0) is 15.3. The fourth-order valence-corrected chi connectivity index (χ4v) is 3.68. The summed E-state index contributed by atoms with van der Waals surface area (Å²) >= 11 is 0. The highest BCUT2D eigenvalue weighted by Gasteiger charge is 2.20. The van der Waals surface area contributed by atoms with Gasteiger partial charge in [-0.3, -0.25) is 4.79 Å². The molecule has 0 aromatic rings. The summed E-state index contributed by atoms with van der Waals surface area (Å²) in [6.07, 6.45) is 15.7. The highest BCUT2D eigenvalue weighted by molar-refractivity contribution is 6.69. The van der Waals surface area contributed by atoms with Gasteiger partial charge in [0.05, 0.1) is 6.10 Å². The van der Waals surface area contributed by atoms with Crippen LogP contribution in [-0.4, -0.2) is 20.7 Å². The molecule has 0 unspecified atom stereocenters. The Morgan fingerprint density at radius 2 is 1.40 bits per heavy atom. The molecule has 0 aromatic heterocycles. The second-order valence-electron chi connectivity index (χ2n) is 6.82. The molecule has 0 saturated heterocycles. The van der Waals surface area contributed by atoms with Crippen LogP contribution in [0, 0.1) is 0 Å². The molecule has 0 aliphatic heterocycles. The lowest BCUT2D eigenvalue weighted by Gasteiger charge is -2.25. The van der Waals surface area contributed by atoms with Gasteiger partial charge in [0.25, 0.3) is 0 Å². The standard InChI is InChI=1S/C17H35O2Si/c1-5-6-7-8-9-10-11-12-13-14-17(15-16-18)19-20(2,3)4/h17H,5-15H2,1-4H3/t17-/m1/s1. The predicted octanol–water partition coefficient (Wildman–Crippen LogP) is 5.63. The van der Waals surface area contributed by atoms with E-state index < -0.39 is 8.32 Å². The lowest BCUT2D eigenvalue weighted by molar-refractivity contribution is 0.186. The molecule has 1 atom stereocenters. The molecule has 0 heterocycles. The van der Waals surface area contributed by atoms with E-state index in [1.165, 1.54) is 57.8 Å². The van der Waals surface area contributed by atoms with Crippen molar-refractivity contribution >= 4 is 14.6 Å². The van der Waals surface area contributed by atoms with E-state index in [0.717, 1.165) is 6.42 Å². The first kappa shape index (κ1) is 19.8. The van der Waals surface area contributed by atoms with Crippen LogP contribution in [0.2, 0.25) is 19.6 Å². The van der Waals surface area contributed by atoms with Gasteiger partial charge in [-0.1, -0.05) is 64.7 Å². The topological polar surface area (TPSA) is 26.3 Å². The molecule has 3 heteroatoms. The predicted molar refractivity (Wildman–Crippen MR) is 90.4 cm³/mol. The highest BCUT2D eigenvalue weighted by atomic mass is 28.4. The van der Waals surface area contributed by atoms with Crippen molar-refractivity contribution in [3.05, 3.63) is 0 Å². The fraction of sp³-hybridized carbons (Fsp3) is 0.941. The van der Waals surface area contributed by atoms with Crippen molar-refractivity contribution in [3.8, 4) is 0 Å². The van der Waals surface area contributed by atoms with E-state index in [0.29, 0.717) is 6.42 Å². The van der Waals surface area contributed by atoms with Crippen molar-refractivity contribution < 1.29 is 9.22 Å². The van der Waals surface area contributed by atoms with Gasteiger partial charge in [-0.2, -0.15) is 0 Å². The molecular formula is C17H35O2Si. The number of hydrogen-bond acceptors (Lipinski definition) is 2. The van der Waals surface area contributed by atoms with Crippen LogP contribution in [0.25, 0.3) is 0 Å². The summed E-state index contributed by atoms with van der Waals surface area (Å²) in [4.78, 5) is 10.6. The third kappa shape index (κ3) is 14.3. The normalized spacial score (nSPS) is 13.4. The van der Waals surface area contributed by atoms with Crippen LogP contribution in [0.3, 0.4) is 0 Å². The van der Waals surface area contributed by atoms with Crippen molar-refractivity contribution in [3.63, 3.8) is 0 Å². The molecule has 119 valence electrons. The average molecular weight is 300 g/mol. The largest absolute Gasteiger partial charge is 0.414 e. The number of rotatable bonds is 14. The Balaban J connectivity index is 3.51. The molecule has 2 nitrogen and oxygen atoms in total. The summed E-state index contributed by atoms with van der Waals surface area (Å²) in [7, 11) is -1.53. The van der Waals surface area contributed by atoms with Gasteiger partial charge in [-0.05, 0) is 26.1 Å². The second-order valence-corrected chi connectivity index (χ2v) is 11.3. The quantitative estimate of drug-likeness (QED) is 0.307. The minimum absolute atomic E-state index is 0.115. The molecule has 20 heavy (non-hydrogen) atoms. The Hall–Kier alpha value is -0.153. The molecule has 0 saturated carbocycles. The molecule has 0 aliphatic carbocycles. The van der Waals surface area contributed by atoms with Crippen molar-refractivity contribution in [1.82, 2.24) is 0 Å². The van der Waals surface area contributed by atoms with Gasteiger partial charge in [0.2, 0.25) is 6.29 Å². The molecular weight excluding hydrogens is 264 g/mol. The number of hydrogen-bond donors (Lipinski definition) is 0. The fourth-order valence-electron chi connectivity index (χ4n) is 2.48. The maximum Gasteiger partial charge on any atom is 0.201 e. The van der Waals surface area contributed by atoms with Gasteiger partial charge >= 0.3 is 0 Å². The van der Waals surface area contributed by atoms with Gasteiger partial charge in [-0.25, -0.2) is 0 Å². The Labute approximate surface area is 127 Å². The minimum atomic E-state index is -1.53. The lowest BCUT2D eigenvalue weighted by atomic mass is 10.0. The molecule has 0 spiro atoms. The first-order chi connectivity index (χ1) is 9.49. The summed E-state index contributed by atoms with van der Waals surface area (Å²) in [6.45, 7) is 8.80. The van der Waals surface area contributed by atoms with Gasteiger partial charge in [0, 0.05) is 6.42 Å². The highest BCUT2D eigenvalue weighted by Crippen LogP contribution is 2.17. The van der Waals surface area contributed by atoms with E-state index in [2.05, 4.69) is 26.6 Å². The first-order valence-corrected chi connectivity index (χ1v) is 11.9. The Morgan fingerprint density at radius 3 is 1.85 bits per heavy atom. The molecule has 0 aromatic carbocycles. The first-order valence-electron chi connectivity index (χ1n) is 8.52. The van der Waals surface area contributed by atoms with Crippen molar-refractivity contribution in [1.29, 1.82) is 0 Å². The zero-order valence-corrected chi connectivity index (χ0v) is 15.2. The summed E-state index contributed by atoms with van der Waals surface area (Å²) in [5.41, 5.74) is 0. The second kappa shape index (κ2) is 12.6. The minimum Gasteiger partial charge on any atom is -0.414 e. The Bertz CT molecular complexity index is 224. The molecule has 1 radical (unpaired) electrons. The van der Waals surface area contributed by atoms with Crippen molar-refractivity contribution in [2.24, 2.45) is 0 Å². The molecule has 0 fully saturated rings. The Kier molecular flexibility index (Phi) is 12.5. The third-order valence-corrected chi connectivity index (χ3v) is 4.50. The Morgan fingerprint density at radius 1 is 0.900 bits per heavy atom. The SMILES string of the molecule is CCCCCCCCCCC[C@H](C[C]=O)O[Si](C)(C)C. The summed E-state index contributed by atoms with van der Waals surface area (Å²) in [6, 6.07) is 0. The van der Waals surface area contributed by atoms with Crippen LogP contribution in [-0.2, 0) is 9.22 Å². The molecule has 0 N–H and O–H groups in total. The van der Waals surface area contributed by atoms with Gasteiger partial charge in [-0.15, -0.1) is 0 Å². The van der Waals surface area contributed by atoms with Crippen molar-refractivity contribution in [2.45, 2.75) is 103 Å². The maximum atomic E-state index is 10.6. The van der Waals surface area contributed by atoms with Gasteiger partial charge in [0.15, 0.2) is 8.32 Å². The van der Waals surface area contributed by atoms with Crippen LogP contribution >= 0.6 is 0 Å². The summed E-state index contributed by atoms with van der Waals surface area (Å²) in [5, 5.41) is 0. The molecule has 0 amide bonds. The van der Waals surface area contributed by atoms with Crippen LogP contribution in [0.4, 0.5) is 0 Å². The van der Waals surface area contributed by atoms with Crippen LogP contribution < -0.4 is 0 Å². The zero-order valence-electron chi connectivity index (χ0n) is 14.2. The molecule has 0 rings (SSSR count). The van der Waals surface area contributed by atoms with E-state index >= 15 is 0 Å².